The molecule has 1 saturated heterocycles. The molecule has 0 radical (unpaired) electrons. The monoisotopic (exact) mass is 400 g/mol. The highest BCUT2D eigenvalue weighted by Crippen LogP contribution is 2.40. The largest absolute Gasteiger partial charge is 0.379 e. The van der Waals surface area contributed by atoms with Gasteiger partial charge in [-0.3, -0.25) is 9.48 Å². The number of hydrogen-bond acceptors (Lipinski definition) is 7. The van der Waals surface area contributed by atoms with Crippen molar-refractivity contribution in [1.82, 2.24) is 30.0 Å². The maximum atomic E-state index is 13.0. The van der Waals surface area contributed by atoms with E-state index in [-0.39, 0.29) is 11.8 Å². The molecule has 1 aliphatic carbocycles. The molecule has 156 valence electrons. The number of ether oxygens (including phenoxy) is 1. The molecule has 2 aromatic heterocycles. The van der Waals surface area contributed by atoms with E-state index in [1.807, 2.05) is 11.7 Å². The van der Waals surface area contributed by atoms with Crippen molar-refractivity contribution in [3.8, 4) is 0 Å². The number of hydrogen-bond donors (Lipinski definition) is 0. The van der Waals surface area contributed by atoms with Gasteiger partial charge in [-0.1, -0.05) is 10.4 Å². The summed E-state index contributed by atoms with van der Waals surface area (Å²) in [6, 6.07) is 1.80. The Morgan fingerprint density at radius 2 is 2.14 bits per heavy atom. The zero-order chi connectivity index (χ0) is 19.8. The summed E-state index contributed by atoms with van der Waals surface area (Å²) in [6.07, 6.45) is 4.81. The Balaban J connectivity index is 1.24. The van der Waals surface area contributed by atoms with Crippen LogP contribution in [0.1, 0.15) is 65.2 Å². The Kier molecular flexibility index (Phi) is 5.09. The van der Waals surface area contributed by atoms with Crippen LogP contribution in [0.5, 0.6) is 0 Å². The number of carbonyl (C=O) groups is 1. The second-order valence-electron chi connectivity index (χ2n) is 8.44. The average molecular weight is 400 g/mol. The lowest BCUT2D eigenvalue weighted by molar-refractivity contribution is 0.0596. The van der Waals surface area contributed by atoms with Crippen LogP contribution in [-0.2, 0) is 18.3 Å². The van der Waals surface area contributed by atoms with E-state index in [2.05, 4.69) is 20.4 Å². The van der Waals surface area contributed by atoms with Gasteiger partial charge in [-0.15, -0.1) is 5.10 Å². The molecule has 4 heterocycles. The molecule has 9 nitrogen and oxygen atoms in total. The van der Waals surface area contributed by atoms with Crippen molar-refractivity contribution in [3.05, 3.63) is 28.9 Å². The van der Waals surface area contributed by atoms with Crippen LogP contribution in [0.2, 0.25) is 0 Å². The molecule has 1 saturated carbocycles. The first-order valence-corrected chi connectivity index (χ1v) is 10.6. The first kappa shape index (κ1) is 18.7. The number of nitrogens with zero attached hydrogens (tertiary/aromatic N) is 6. The van der Waals surface area contributed by atoms with E-state index in [0.29, 0.717) is 37.9 Å². The van der Waals surface area contributed by atoms with Crippen LogP contribution < -0.4 is 0 Å². The maximum Gasteiger partial charge on any atom is 0.276 e. The molecule has 5 rings (SSSR count). The van der Waals surface area contributed by atoms with Gasteiger partial charge < -0.3 is 19.1 Å². The molecule has 2 aliphatic heterocycles. The predicted molar refractivity (Wildman–Crippen MR) is 103 cm³/mol. The molecular weight excluding hydrogens is 372 g/mol. The van der Waals surface area contributed by atoms with E-state index in [0.717, 1.165) is 36.5 Å². The molecule has 2 aromatic rings. The summed E-state index contributed by atoms with van der Waals surface area (Å²) in [4.78, 5) is 17.3. The van der Waals surface area contributed by atoms with E-state index in [9.17, 15) is 4.79 Å². The van der Waals surface area contributed by atoms with E-state index in [1.54, 1.807) is 11.0 Å². The third-order valence-corrected chi connectivity index (χ3v) is 6.20. The first-order chi connectivity index (χ1) is 14.2. The SMILES string of the molecule is Cn1nnc2c1[C@H](COCCN1CCCC1)CN(C(=O)c1cc(C3CC3)on1)C2. The molecule has 0 N–H and O–H groups in total. The smallest absolute Gasteiger partial charge is 0.276 e. The van der Waals surface area contributed by atoms with Crippen molar-refractivity contribution in [2.45, 2.75) is 44.1 Å². The molecule has 0 bridgehead atoms. The van der Waals surface area contributed by atoms with Crippen LogP contribution in [0.3, 0.4) is 0 Å². The molecule has 1 atom stereocenters. The fourth-order valence-corrected chi connectivity index (χ4v) is 4.44. The second kappa shape index (κ2) is 7.87. The Hall–Kier alpha value is -2.26. The molecule has 2 fully saturated rings. The van der Waals surface area contributed by atoms with Crippen LogP contribution in [0.4, 0.5) is 0 Å². The maximum absolute atomic E-state index is 13.0. The van der Waals surface area contributed by atoms with Crippen LogP contribution in [0, 0.1) is 0 Å². The number of likely N-dealkylation sites (tertiary alicyclic amines) is 1. The fraction of sp³-hybridized carbons (Fsp3) is 0.700. The normalized spacial score (nSPS) is 22.2. The lowest BCUT2D eigenvalue weighted by Gasteiger charge is -2.31. The zero-order valence-corrected chi connectivity index (χ0v) is 16.9. The van der Waals surface area contributed by atoms with E-state index < -0.39 is 0 Å². The quantitative estimate of drug-likeness (QED) is 0.651. The highest BCUT2D eigenvalue weighted by Gasteiger charge is 2.35. The van der Waals surface area contributed by atoms with Crippen molar-refractivity contribution in [1.29, 1.82) is 0 Å². The summed E-state index contributed by atoms with van der Waals surface area (Å²) in [7, 11) is 1.90. The highest BCUT2D eigenvalue weighted by atomic mass is 16.5. The summed E-state index contributed by atoms with van der Waals surface area (Å²) in [6.45, 7) is 5.59. The Bertz CT molecular complexity index is 867. The number of rotatable bonds is 7. The van der Waals surface area contributed by atoms with Gasteiger partial charge in [0.1, 0.15) is 11.5 Å². The van der Waals surface area contributed by atoms with Crippen molar-refractivity contribution in [3.63, 3.8) is 0 Å². The van der Waals surface area contributed by atoms with Gasteiger partial charge in [0, 0.05) is 38.0 Å². The third-order valence-electron chi connectivity index (χ3n) is 6.20. The Morgan fingerprint density at radius 1 is 1.31 bits per heavy atom. The molecule has 3 aliphatic rings. The van der Waals surface area contributed by atoms with Gasteiger partial charge in [0.25, 0.3) is 5.91 Å². The number of carbonyl (C=O) groups excluding carboxylic acids is 1. The summed E-state index contributed by atoms with van der Waals surface area (Å²) >= 11 is 0. The molecule has 0 unspecified atom stereocenters. The van der Waals surface area contributed by atoms with Crippen molar-refractivity contribution in [2.75, 3.05) is 39.4 Å². The highest BCUT2D eigenvalue weighted by molar-refractivity contribution is 5.92. The number of amides is 1. The van der Waals surface area contributed by atoms with Crippen LogP contribution >= 0.6 is 0 Å². The van der Waals surface area contributed by atoms with Gasteiger partial charge >= 0.3 is 0 Å². The van der Waals surface area contributed by atoms with Gasteiger partial charge in [0.05, 0.1) is 25.5 Å². The van der Waals surface area contributed by atoms with Gasteiger partial charge in [0.15, 0.2) is 5.69 Å². The van der Waals surface area contributed by atoms with Crippen molar-refractivity contribution >= 4 is 5.91 Å². The minimum absolute atomic E-state index is 0.0519. The van der Waals surface area contributed by atoms with Crippen LogP contribution in [0.15, 0.2) is 10.6 Å². The van der Waals surface area contributed by atoms with Crippen LogP contribution in [0.25, 0.3) is 0 Å². The topological polar surface area (TPSA) is 89.5 Å². The van der Waals surface area contributed by atoms with Crippen molar-refractivity contribution in [2.24, 2.45) is 7.05 Å². The first-order valence-electron chi connectivity index (χ1n) is 10.6. The molecular formula is C20H28N6O3. The lowest BCUT2D eigenvalue weighted by Crippen LogP contribution is -2.40. The Morgan fingerprint density at radius 3 is 2.93 bits per heavy atom. The molecule has 0 spiro atoms. The van der Waals surface area contributed by atoms with Gasteiger partial charge in [0.2, 0.25) is 0 Å². The number of aromatic nitrogens is 4. The van der Waals surface area contributed by atoms with E-state index >= 15 is 0 Å². The predicted octanol–water partition coefficient (Wildman–Crippen LogP) is 1.53. The fourth-order valence-electron chi connectivity index (χ4n) is 4.44. The molecule has 1 amide bonds. The Labute approximate surface area is 170 Å². The minimum Gasteiger partial charge on any atom is -0.379 e. The zero-order valence-electron chi connectivity index (χ0n) is 16.9. The average Bonchev–Trinajstić information content (AvgIpc) is 3.11. The van der Waals surface area contributed by atoms with E-state index in [4.69, 9.17) is 9.26 Å². The van der Waals surface area contributed by atoms with Crippen molar-refractivity contribution < 1.29 is 14.1 Å². The lowest BCUT2D eigenvalue weighted by atomic mass is 9.98. The van der Waals surface area contributed by atoms with Crippen LogP contribution in [-0.4, -0.2) is 75.3 Å². The number of fused-ring (bicyclic) bond motifs is 1. The third kappa shape index (κ3) is 3.93. The summed E-state index contributed by atoms with van der Waals surface area (Å²) in [5.41, 5.74) is 2.29. The summed E-state index contributed by atoms with van der Waals surface area (Å²) in [5.74, 6) is 1.20. The van der Waals surface area contributed by atoms with Gasteiger partial charge in [-0.25, -0.2) is 0 Å². The second-order valence-corrected chi connectivity index (χ2v) is 8.44. The number of aryl methyl sites for hydroxylation is 1. The minimum atomic E-state index is -0.112. The standard InChI is InChI=1S/C20H28N6O3/c1-24-19-15(13-28-9-8-25-6-2-3-7-25)11-26(12-17(19)21-23-24)20(27)16-10-18(29-22-16)14-4-5-14/h10,14-15H,2-9,11-13H2,1H3/t15-/m0/s1. The van der Waals surface area contributed by atoms with Gasteiger partial charge in [-0.2, -0.15) is 0 Å². The summed E-state index contributed by atoms with van der Waals surface area (Å²) < 4.78 is 13.2. The van der Waals surface area contributed by atoms with Gasteiger partial charge in [-0.05, 0) is 38.8 Å². The molecule has 9 heteroatoms. The molecule has 0 aromatic carbocycles. The van der Waals surface area contributed by atoms with E-state index in [1.165, 1.54) is 25.9 Å². The molecule has 29 heavy (non-hydrogen) atoms. The summed E-state index contributed by atoms with van der Waals surface area (Å²) in [5, 5.41) is 12.5.